The average molecular weight is 151 g/mol. The summed E-state index contributed by atoms with van der Waals surface area (Å²) in [5, 5.41) is 8.72. The van der Waals surface area contributed by atoms with Crippen LogP contribution in [-0.4, -0.2) is 5.21 Å². The Morgan fingerprint density at radius 3 is 2.36 bits per heavy atom. The highest BCUT2D eigenvalue weighted by Gasteiger charge is 1.99. The molecule has 0 amide bonds. The second-order valence-corrected chi connectivity index (χ2v) is 2.87. The maximum Gasteiger partial charge on any atom is 0.0636 e. The Balaban J connectivity index is 3.24. The van der Waals surface area contributed by atoms with Gasteiger partial charge in [-0.05, 0) is 43.5 Å². The third-order valence-electron chi connectivity index (χ3n) is 1.93. The zero-order chi connectivity index (χ0) is 8.43. The lowest BCUT2D eigenvalue weighted by molar-refractivity contribution is 0.388. The van der Waals surface area contributed by atoms with Gasteiger partial charge in [0.05, 0.1) is 5.69 Å². The van der Waals surface area contributed by atoms with Gasteiger partial charge < -0.3 is 0 Å². The zero-order valence-corrected chi connectivity index (χ0v) is 7.10. The fraction of sp³-hybridized carbons (Fsp3) is 0.333. The third kappa shape index (κ3) is 1.52. The molecule has 1 aromatic carbocycles. The van der Waals surface area contributed by atoms with Gasteiger partial charge in [-0.25, -0.2) is 0 Å². The average Bonchev–Trinajstić information content (AvgIpc) is 1.96. The Morgan fingerprint density at radius 2 is 1.82 bits per heavy atom. The molecule has 0 unspecified atom stereocenters. The first kappa shape index (κ1) is 8.08. The first-order valence-electron chi connectivity index (χ1n) is 3.63. The van der Waals surface area contributed by atoms with E-state index in [1.807, 2.05) is 26.8 Å². The first-order valence-corrected chi connectivity index (χ1v) is 3.63. The van der Waals surface area contributed by atoms with Crippen LogP contribution < -0.4 is 5.48 Å². The summed E-state index contributed by atoms with van der Waals surface area (Å²) < 4.78 is 0. The number of hydrogen-bond acceptors (Lipinski definition) is 2. The predicted molar refractivity (Wildman–Crippen MR) is 46.1 cm³/mol. The van der Waals surface area contributed by atoms with E-state index in [0.29, 0.717) is 0 Å². The van der Waals surface area contributed by atoms with Crippen molar-refractivity contribution < 1.29 is 5.21 Å². The zero-order valence-electron chi connectivity index (χ0n) is 7.10. The molecule has 2 heteroatoms. The molecule has 60 valence electrons. The molecule has 0 radical (unpaired) electrons. The molecule has 0 saturated heterocycles. The second-order valence-electron chi connectivity index (χ2n) is 2.87. The van der Waals surface area contributed by atoms with Crippen molar-refractivity contribution >= 4 is 5.69 Å². The quantitative estimate of drug-likeness (QED) is 0.604. The molecule has 0 heterocycles. The van der Waals surface area contributed by atoms with Crippen molar-refractivity contribution in [3.63, 3.8) is 0 Å². The van der Waals surface area contributed by atoms with Gasteiger partial charge in [0.25, 0.3) is 0 Å². The maximum absolute atomic E-state index is 8.72. The van der Waals surface area contributed by atoms with Crippen LogP contribution in [0.3, 0.4) is 0 Å². The SMILES string of the molecule is Cc1cc(C)c(C)c(NO)c1. The smallest absolute Gasteiger partial charge is 0.0636 e. The van der Waals surface area contributed by atoms with E-state index in [-0.39, 0.29) is 0 Å². The van der Waals surface area contributed by atoms with Crippen LogP contribution in [0.2, 0.25) is 0 Å². The lowest BCUT2D eigenvalue weighted by Gasteiger charge is -2.07. The van der Waals surface area contributed by atoms with Crippen LogP contribution in [0.25, 0.3) is 0 Å². The van der Waals surface area contributed by atoms with Gasteiger partial charge in [-0.2, -0.15) is 0 Å². The van der Waals surface area contributed by atoms with Crippen molar-refractivity contribution in [2.24, 2.45) is 0 Å². The Kier molecular flexibility index (Phi) is 2.15. The van der Waals surface area contributed by atoms with Crippen molar-refractivity contribution in [3.8, 4) is 0 Å². The monoisotopic (exact) mass is 151 g/mol. The molecule has 0 aliphatic heterocycles. The van der Waals surface area contributed by atoms with Crippen molar-refractivity contribution in [1.29, 1.82) is 0 Å². The molecule has 2 nitrogen and oxygen atoms in total. The molecule has 1 rings (SSSR count). The van der Waals surface area contributed by atoms with Gasteiger partial charge in [0.2, 0.25) is 0 Å². The van der Waals surface area contributed by atoms with Gasteiger partial charge in [0, 0.05) is 0 Å². The highest BCUT2D eigenvalue weighted by atomic mass is 16.5. The van der Waals surface area contributed by atoms with E-state index in [1.54, 1.807) is 0 Å². The van der Waals surface area contributed by atoms with Crippen molar-refractivity contribution in [2.75, 3.05) is 5.48 Å². The molecule has 11 heavy (non-hydrogen) atoms. The van der Waals surface area contributed by atoms with Gasteiger partial charge in [-0.1, -0.05) is 6.07 Å². The molecule has 0 aliphatic rings. The Hall–Kier alpha value is -1.02. The van der Waals surface area contributed by atoms with Crippen molar-refractivity contribution in [1.82, 2.24) is 0 Å². The van der Waals surface area contributed by atoms with Crippen LogP contribution in [0, 0.1) is 20.8 Å². The largest absolute Gasteiger partial charge is 0.291 e. The van der Waals surface area contributed by atoms with E-state index in [0.717, 1.165) is 16.8 Å². The number of nitrogens with one attached hydrogen (secondary N) is 1. The lowest BCUT2D eigenvalue weighted by atomic mass is 10.1. The molecular formula is C9H13NO. The fourth-order valence-electron chi connectivity index (χ4n) is 1.16. The molecule has 0 fully saturated rings. The minimum atomic E-state index is 0.794. The van der Waals surface area contributed by atoms with Crippen LogP contribution in [0.15, 0.2) is 12.1 Å². The molecule has 0 atom stereocenters. The maximum atomic E-state index is 8.72. The summed E-state index contributed by atoms with van der Waals surface area (Å²) in [5.74, 6) is 0. The fourth-order valence-corrected chi connectivity index (χ4v) is 1.16. The van der Waals surface area contributed by atoms with Crippen LogP contribution in [-0.2, 0) is 0 Å². The minimum absolute atomic E-state index is 0.794. The lowest BCUT2D eigenvalue weighted by Crippen LogP contribution is -1.95. The highest BCUT2D eigenvalue weighted by Crippen LogP contribution is 2.19. The van der Waals surface area contributed by atoms with E-state index in [4.69, 9.17) is 5.21 Å². The summed E-state index contributed by atoms with van der Waals surface area (Å²) in [6.07, 6.45) is 0. The molecule has 0 aliphatic carbocycles. The number of rotatable bonds is 1. The molecule has 0 bridgehead atoms. The highest BCUT2D eigenvalue weighted by molar-refractivity contribution is 5.54. The molecule has 0 saturated carbocycles. The van der Waals surface area contributed by atoms with Crippen molar-refractivity contribution in [2.45, 2.75) is 20.8 Å². The van der Waals surface area contributed by atoms with Crippen LogP contribution in [0.5, 0.6) is 0 Å². The standard InChI is InChI=1S/C9H13NO/c1-6-4-7(2)8(3)9(5-6)10-11/h4-5,10-11H,1-3H3. The van der Waals surface area contributed by atoms with E-state index in [9.17, 15) is 0 Å². The van der Waals surface area contributed by atoms with Gasteiger partial charge >= 0.3 is 0 Å². The Labute approximate surface area is 66.8 Å². The summed E-state index contributed by atoms with van der Waals surface area (Å²) in [6.45, 7) is 6.02. The number of aryl methyl sites for hydroxylation is 2. The molecule has 0 spiro atoms. The predicted octanol–water partition coefficient (Wildman–Crippen LogP) is 2.41. The first-order chi connectivity index (χ1) is 5.15. The Morgan fingerprint density at radius 1 is 1.18 bits per heavy atom. The summed E-state index contributed by atoms with van der Waals surface area (Å²) in [6, 6.07) is 4.01. The normalized spacial score (nSPS) is 9.82. The summed E-state index contributed by atoms with van der Waals surface area (Å²) >= 11 is 0. The summed E-state index contributed by atoms with van der Waals surface area (Å²) in [5.41, 5.74) is 6.42. The van der Waals surface area contributed by atoms with Gasteiger partial charge in [-0.3, -0.25) is 10.7 Å². The molecular weight excluding hydrogens is 138 g/mol. The van der Waals surface area contributed by atoms with Crippen LogP contribution >= 0.6 is 0 Å². The third-order valence-corrected chi connectivity index (χ3v) is 1.93. The van der Waals surface area contributed by atoms with Crippen molar-refractivity contribution in [3.05, 3.63) is 28.8 Å². The van der Waals surface area contributed by atoms with E-state index < -0.39 is 0 Å². The van der Waals surface area contributed by atoms with Gasteiger partial charge in [0.15, 0.2) is 0 Å². The molecule has 2 N–H and O–H groups in total. The summed E-state index contributed by atoms with van der Waals surface area (Å²) in [7, 11) is 0. The Bertz CT molecular complexity index is 269. The van der Waals surface area contributed by atoms with Crippen LogP contribution in [0.1, 0.15) is 16.7 Å². The van der Waals surface area contributed by atoms with E-state index in [1.165, 1.54) is 5.56 Å². The van der Waals surface area contributed by atoms with Gasteiger partial charge in [0.1, 0.15) is 0 Å². The van der Waals surface area contributed by atoms with Gasteiger partial charge in [-0.15, -0.1) is 0 Å². The summed E-state index contributed by atoms with van der Waals surface area (Å²) in [4.78, 5) is 0. The number of anilines is 1. The molecule has 0 aromatic heterocycles. The minimum Gasteiger partial charge on any atom is -0.291 e. The van der Waals surface area contributed by atoms with E-state index >= 15 is 0 Å². The van der Waals surface area contributed by atoms with E-state index in [2.05, 4.69) is 11.5 Å². The van der Waals surface area contributed by atoms with Crippen LogP contribution in [0.4, 0.5) is 5.69 Å². The topological polar surface area (TPSA) is 32.3 Å². The molecule has 1 aromatic rings. The number of hydrogen-bond donors (Lipinski definition) is 2. The number of benzene rings is 1. The second kappa shape index (κ2) is 2.93.